The Balaban J connectivity index is 1.62. The molecule has 1 fully saturated rings. The first-order valence-electron chi connectivity index (χ1n) is 16.3. The van der Waals surface area contributed by atoms with Crippen molar-refractivity contribution in [3.63, 3.8) is 0 Å². The normalized spacial score (nSPS) is 22.0. The quantitative estimate of drug-likeness (QED) is 0.225. The van der Waals surface area contributed by atoms with E-state index in [-0.39, 0.29) is 11.1 Å². The minimum absolute atomic E-state index is 0.235. The van der Waals surface area contributed by atoms with Crippen LogP contribution in [-0.4, -0.2) is 0 Å². The van der Waals surface area contributed by atoms with E-state index >= 15 is 0 Å². The molecule has 0 amide bonds. The fourth-order valence-electron chi connectivity index (χ4n) is 6.56. The molecule has 3 aromatic carbocycles. The largest absolute Gasteiger partial charge is 0.454 e. The Morgan fingerprint density at radius 1 is 0.949 bits per heavy atom. The summed E-state index contributed by atoms with van der Waals surface area (Å²) in [5.74, 6) is -0.979. The van der Waals surface area contributed by atoms with Crippen molar-refractivity contribution in [3.8, 4) is 28.5 Å². The van der Waals surface area contributed by atoms with Crippen molar-refractivity contribution >= 4 is 21.9 Å². The Morgan fingerprint density at radius 2 is 1.67 bits per heavy atom. The Kier molecular flexibility index (Phi) is 4.34. The van der Waals surface area contributed by atoms with Crippen LogP contribution in [0.1, 0.15) is 80.1 Å². The van der Waals surface area contributed by atoms with Gasteiger partial charge in [-0.25, -0.2) is 4.57 Å². The predicted octanol–water partition coefficient (Wildman–Crippen LogP) is 8.71. The van der Waals surface area contributed by atoms with E-state index in [4.69, 9.17) is 4.42 Å². The maximum atomic E-state index is 10.4. The number of pyridine rings is 1. The van der Waals surface area contributed by atoms with Gasteiger partial charge in [-0.15, -0.1) is 0 Å². The van der Waals surface area contributed by atoms with Gasteiger partial charge in [-0.1, -0.05) is 51.0 Å². The van der Waals surface area contributed by atoms with Crippen molar-refractivity contribution in [3.05, 3.63) is 88.6 Å². The van der Waals surface area contributed by atoms with Gasteiger partial charge in [0.05, 0.1) is 17.2 Å². The molecule has 0 bridgehead atoms. The molecule has 194 valence electrons. The van der Waals surface area contributed by atoms with E-state index in [1.807, 2.05) is 67.2 Å². The number of furan rings is 1. The third kappa shape index (κ3) is 3.73. The molecule has 3 heteroatoms. The summed E-state index contributed by atoms with van der Waals surface area (Å²) in [6.07, 6.45) is 0.844. The first-order valence-corrected chi connectivity index (χ1v) is 13.8. The highest BCUT2D eigenvalue weighted by molar-refractivity contribution is 6.14. The zero-order valence-electron chi connectivity index (χ0n) is 27.9. The molecule has 0 spiro atoms. The molecule has 2 heterocycles. The Morgan fingerprint density at radius 3 is 2.41 bits per heavy atom. The standard InChI is InChI=1S/C36H35N2O/c1-22-12-14-27-28-15-13-24(21-37)33(35(28)39-34(27)32(22)31-11-7-8-18-38(31)4)26-17-16-25(23-9-5-6-10-23)29-19-36(2,3)20-30(26)29/h7-8,11-18,23H,5-6,9-10,19-20H2,1-4H3/q+1/i19D2,20D2,23D. The minimum atomic E-state index is -2.09. The SMILES string of the molecule is [2H]C1(c2ccc(-c3c(C#N)ccc4c3oc3c(-c5cccc[n+]5C)c(C)ccc34)c3c2C([2H])([2H])C(C)(C)C3([2H])[2H])CCCC1. The summed E-state index contributed by atoms with van der Waals surface area (Å²) in [5.41, 5.74) is 5.01. The molecule has 1 saturated carbocycles. The van der Waals surface area contributed by atoms with Gasteiger partial charge in [0.25, 0.3) is 0 Å². The topological polar surface area (TPSA) is 40.8 Å². The lowest BCUT2D eigenvalue weighted by Gasteiger charge is -2.18. The van der Waals surface area contributed by atoms with E-state index < -0.39 is 24.1 Å². The molecule has 7 rings (SSSR count). The molecular weight excluding hydrogens is 476 g/mol. The average Bonchev–Trinajstić information content (AvgIpc) is 3.62. The first kappa shape index (κ1) is 19.2. The fraction of sp³-hybridized carbons (Fsp3) is 0.333. The monoisotopic (exact) mass is 516 g/mol. The molecule has 0 atom stereocenters. The highest BCUT2D eigenvalue weighted by Gasteiger charge is 2.35. The molecule has 5 aromatic rings. The maximum absolute atomic E-state index is 10.4. The fourth-order valence-corrected chi connectivity index (χ4v) is 6.56. The number of rotatable bonds is 3. The molecule has 0 aliphatic heterocycles. The average molecular weight is 517 g/mol. The van der Waals surface area contributed by atoms with Gasteiger partial charge >= 0.3 is 0 Å². The van der Waals surface area contributed by atoms with Crippen molar-refractivity contribution in [2.75, 3.05) is 0 Å². The maximum Gasteiger partial charge on any atom is 0.216 e. The third-order valence-electron chi connectivity index (χ3n) is 8.39. The van der Waals surface area contributed by atoms with Crippen molar-refractivity contribution in [1.29, 1.82) is 5.26 Å². The molecule has 2 aromatic heterocycles. The highest BCUT2D eigenvalue weighted by Crippen LogP contribution is 2.49. The van der Waals surface area contributed by atoms with Gasteiger partial charge in [0.1, 0.15) is 18.2 Å². The molecular formula is C36H35N2O+. The predicted molar refractivity (Wildman–Crippen MR) is 158 cm³/mol. The molecule has 2 aliphatic carbocycles. The number of nitriles is 1. The Bertz CT molecular complexity index is 2060. The van der Waals surface area contributed by atoms with E-state index in [1.54, 1.807) is 19.9 Å². The van der Waals surface area contributed by atoms with Crippen LogP contribution in [0.25, 0.3) is 44.3 Å². The van der Waals surface area contributed by atoms with Crippen LogP contribution in [0.2, 0.25) is 0 Å². The van der Waals surface area contributed by atoms with Gasteiger partial charge in [-0.2, -0.15) is 5.26 Å². The number of benzene rings is 3. The van der Waals surface area contributed by atoms with Crippen LogP contribution in [0.15, 0.2) is 65.2 Å². The van der Waals surface area contributed by atoms with E-state index in [0.717, 1.165) is 40.4 Å². The Labute approximate surface area is 237 Å². The number of aryl methyl sites for hydroxylation is 2. The van der Waals surface area contributed by atoms with Crippen LogP contribution in [0.5, 0.6) is 0 Å². The lowest BCUT2D eigenvalue weighted by atomic mass is 9.85. The van der Waals surface area contributed by atoms with Gasteiger partial charge in [-0.05, 0) is 89.8 Å². The van der Waals surface area contributed by atoms with E-state index in [9.17, 15) is 12.1 Å². The summed E-state index contributed by atoms with van der Waals surface area (Å²) in [5, 5.41) is 12.1. The van der Waals surface area contributed by atoms with Crippen molar-refractivity contribution in [2.24, 2.45) is 12.5 Å². The molecule has 39 heavy (non-hydrogen) atoms. The summed E-state index contributed by atoms with van der Waals surface area (Å²) in [7, 11) is 1.99. The number of aromatic nitrogens is 1. The van der Waals surface area contributed by atoms with Gasteiger partial charge < -0.3 is 4.42 Å². The smallest absolute Gasteiger partial charge is 0.216 e. The van der Waals surface area contributed by atoms with Crippen LogP contribution in [0, 0.1) is 23.7 Å². The van der Waals surface area contributed by atoms with E-state index in [2.05, 4.69) is 12.1 Å². The van der Waals surface area contributed by atoms with Crippen molar-refractivity contribution < 1.29 is 15.8 Å². The third-order valence-corrected chi connectivity index (χ3v) is 8.39. The molecule has 3 nitrogen and oxygen atoms in total. The second kappa shape index (κ2) is 8.82. The Hall–Kier alpha value is -3.90. The van der Waals surface area contributed by atoms with Crippen LogP contribution >= 0.6 is 0 Å². The summed E-state index contributed by atoms with van der Waals surface area (Å²) in [6.45, 7) is 5.31. The van der Waals surface area contributed by atoms with Crippen LogP contribution in [-0.2, 0) is 19.8 Å². The van der Waals surface area contributed by atoms with Gasteiger partial charge in [0.2, 0.25) is 5.69 Å². The summed E-state index contributed by atoms with van der Waals surface area (Å²) in [6, 6.07) is 19.7. The van der Waals surface area contributed by atoms with Crippen molar-refractivity contribution in [2.45, 2.75) is 65.1 Å². The van der Waals surface area contributed by atoms with Crippen molar-refractivity contribution in [1.82, 2.24) is 0 Å². The van der Waals surface area contributed by atoms with E-state index in [1.165, 1.54) is 0 Å². The second-order valence-electron chi connectivity index (χ2n) is 11.5. The summed E-state index contributed by atoms with van der Waals surface area (Å²) < 4.78 is 55.7. The van der Waals surface area contributed by atoms with Gasteiger partial charge in [0.15, 0.2) is 6.20 Å². The van der Waals surface area contributed by atoms with E-state index in [0.29, 0.717) is 46.3 Å². The molecule has 0 unspecified atom stereocenters. The number of fused-ring (bicyclic) bond motifs is 4. The highest BCUT2D eigenvalue weighted by atomic mass is 16.3. The van der Waals surface area contributed by atoms with Gasteiger partial charge in [-0.3, -0.25) is 0 Å². The van der Waals surface area contributed by atoms with Crippen LogP contribution in [0.3, 0.4) is 0 Å². The molecule has 0 N–H and O–H groups in total. The summed E-state index contributed by atoms with van der Waals surface area (Å²) >= 11 is 0. The molecule has 2 aliphatic rings. The second-order valence-corrected chi connectivity index (χ2v) is 11.5. The van der Waals surface area contributed by atoms with Crippen LogP contribution < -0.4 is 4.57 Å². The number of nitrogens with zero attached hydrogens (tertiary/aromatic N) is 2. The molecule has 0 saturated heterocycles. The van der Waals surface area contributed by atoms with Gasteiger partial charge in [0, 0.05) is 35.3 Å². The summed E-state index contributed by atoms with van der Waals surface area (Å²) in [4.78, 5) is 0. The number of hydrogen-bond acceptors (Lipinski definition) is 2. The van der Waals surface area contributed by atoms with Crippen LogP contribution in [0.4, 0.5) is 0 Å². The first-order chi connectivity index (χ1) is 20.8. The lowest BCUT2D eigenvalue weighted by molar-refractivity contribution is -0.660. The minimum Gasteiger partial charge on any atom is -0.454 e. The molecule has 0 radical (unpaired) electrons. The number of hydrogen-bond donors (Lipinski definition) is 0. The zero-order chi connectivity index (χ0) is 31.4. The zero-order valence-corrected chi connectivity index (χ0v) is 22.9. The lowest BCUT2D eigenvalue weighted by Crippen LogP contribution is -2.30.